The van der Waals surface area contributed by atoms with Crippen LogP contribution in [0.15, 0.2) is 12.3 Å². The molecule has 0 bridgehead atoms. The predicted octanol–water partition coefficient (Wildman–Crippen LogP) is 1.56. The van der Waals surface area contributed by atoms with Gasteiger partial charge in [0.15, 0.2) is 5.82 Å². The third-order valence-electron chi connectivity index (χ3n) is 4.84. The lowest BCUT2D eigenvalue weighted by molar-refractivity contribution is -0.131. The molecule has 1 amide bonds. The summed E-state index contributed by atoms with van der Waals surface area (Å²) in [4.78, 5) is 12.5. The van der Waals surface area contributed by atoms with Gasteiger partial charge in [0.05, 0.1) is 11.5 Å². The van der Waals surface area contributed by atoms with Crippen molar-refractivity contribution in [3.63, 3.8) is 0 Å². The lowest BCUT2D eigenvalue weighted by atomic mass is 9.66. The molecule has 2 heterocycles. The number of hydrogen-bond acceptors (Lipinski definition) is 4. The molecule has 0 spiro atoms. The smallest absolute Gasteiger partial charge is 0.231 e. The molecule has 2 N–H and O–H groups in total. The van der Waals surface area contributed by atoms with Gasteiger partial charge >= 0.3 is 0 Å². The molecule has 1 atom stereocenters. The number of methoxy groups -OCH3 is 1. The molecule has 0 radical (unpaired) electrons. The number of nitrogens with zero attached hydrogens (tertiary/aromatic N) is 2. The van der Waals surface area contributed by atoms with E-state index in [1.807, 2.05) is 16.9 Å². The summed E-state index contributed by atoms with van der Waals surface area (Å²) in [5.41, 5.74) is -0.241. The fourth-order valence-corrected chi connectivity index (χ4v) is 3.21. The van der Waals surface area contributed by atoms with Gasteiger partial charge in [0.1, 0.15) is 0 Å². The van der Waals surface area contributed by atoms with Crippen molar-refractivity contribution in [2.45, 2.75) is 38.1 Å². The highest BCUT2D eigenvalue weighted by atomic mass is 16.5. The van der Waals surface area contributed by atoms with E-state index in [1.54, 1.807) is 7.11 Å². The average Bonchev–Trinajstić information content (AvgIpc) is 3.07. The number of rotatable bonds is 6. The van der Waals surface area contributed by atoms with E-state index in [0.29, 0.717) is 18.5 Å². The standard InChI is InChI=1S/C15H24N4O2/c1-21-10-7-15(5-2-6-15)14(20)17-13-4-9-19(18-13)12-3-8-16-11-12/h4,9,12,16H,2-3,5-8,10-11H2,1H3,(H,17,18,20)/t12-/m1/s1. The number of carbonyl (C=O) groups excluding carboxylic acids is 1. The van der Waals surface area contributed by atoms with E-state index in [0.717, 1.165) is 45.2 Å². The minimum Gasteiger partial charge on any atom is -0.385 e. The van der Waals surface area contributed by atoms with Crippen LogP contribution < -0.4 is 10.6 Å². The molecule has 1 aromatic rings. The van der Waals surface area contributed by atoms with E-state index in [1.165, 1.54) is 0 Å². The van der Waals surface area contributed by atoms with E-state index in [4.69, 9.17) is 4.74 Å². The Morgan fingerprint density at radius 2 is 2.48 bits per heavy atom. The number of aromatic nitrogens is 2. The van der Waals surface area contributed by atoms with Crippen molar-refractivity contribution in [1.82, 2.24) is 15.1 Å². The molecule has 3 rings (SSSR count). The molecule has 1 saturated heterocycles. The third-order valence-corrected chi connectivity index (χ3v) is 4.84. The van der Waals surface area contributed by atoms with E-state index in [-0.39, 0.29) is 11.3 Å². The summed E-state index contributed by atoms with van der Waals surface area (Å²) in [6, 6.07) is 2.29. The Hall–Kier alpha value is -1.40. The largest absolute Gasteiger partial charge is 0.385 e. The molecule has 1 saturated carbocycles. The van der Waals surface area contributed by atoms with Crippen LogP contribution in [0.25, 0.3) is 0 Å². The van der Waals surface area contributed by atoms with Gasteiger partial charge in [-0.3, -0.25) is 9.48 Å². The quantitative estimate of drug-likeness (QED) is 0.835. The van der Waals surface area contributed by atoms with Crippen molar-refractivity contribution in [2.24, 2.45) is 5.41 Å². The van der Waals surface area contributed by atoms with Crippen LogP contribution in [-0.2, 0) is 9.53 Å². The first-order chi connectivity index (χ1) is 10.2. The first-order valence-electron chi connectivity index (χ1n) is 7.80. The normalized spacial score (nSPS) is 23.8. The van der Waals surface area contributed by atoms with Crippen molar-refractivity contribution in [3.05, 3.63) is 12.3 Å². The molecule has 0 aromatic carbocycles. The van der Waals surface area contributed by atoms with Gasteiger partial charge in [0.2, 0.25) is 5.91 Å². The number of anilines is 1. The monoisotopic (exact) mass is 292 g/mol. The summed E-state index contributed by atoms with van der Waals surface area (Å²) in [7, 11) is 1.68. The van der Waals surface area contributed by atoms with Crippen molar-refractivity contribution >= 4 is 11.7 Å². The Kier molecular flexibility index (Phi) is 4.26. The zero-order chi connectivity index (χ0) is 14.7. The van der Waals surface area contributed by atoms with Gasteiger partial charge in [-0.05, 0) is 32.2 Å². The molecule has 116 valence electrons. The van der Waals surface area contributed by atoms with Crippen molar-refractivity contribution in [3.8, 4) is 0 Å². The highest BCUT2D eigenvalue weighted by Gasteiger charge is 2.43. The van der Waals surface area contributed by atoms with Gasteiger partial charge in [0.25, 0.3) is 0 Å². The van der Waals surface area contributed by atoms with Crippen molar-refractivity contribution in [2.75, 3.05) is 32.1 Å². The highest BCUT2D eigenvalue weighted by molar-refractivity contribution is 5.95. The molecule has 21 heavy (non-hydrogen) atoms. The van der Waals surface area contributed by atoms with Gasteiger partial charge in [-0.2, -0.15) is 5.10 Å². The zero-order valence-electron chi connectivity index (χ0n) is 12.6. The number of carbonyl (C=O) groups is 1. The lowest BCUT2D eigenvalue weighted by Gasteiger charge is -2.39. The summed E-state index contributed by atoms with van der Waals surface area (Å²) in [5, 5.41) is 10.8. The van der Waals surface area contributed by atoms with Crippen LogP contribution in [-0.4, -0.2) is 42.5 Å². The summed E-state index contributed by atoms with van der Waals surface area (Å²) in [6.07, 6.45) is 6.87. The fourth-order valence-electron chi connectivity index (χ4n) is 3.21. The molecule has 1 aliphatic carbocycles. The second kappa shape index (κ2) is 6.15. The summed E-state index contributed by atoms with van der Waals surface area (Å²) >= 11 is 0. The topological polar surface area (TPSA) is 68.2 Å². The lowest BCUT2D eigenvalue weighted by Crippen LogP contribution is -2.42. The highest BCUT2D eigenvalue weighted by Crippen LogP contribution is 2.44. The van der Waals surface area contributed by atoms with Crippen LogP contribution in [0.2, 0.25) is 0 Å². The zero-order valence-corrected chi connectivity index (χ0v) is 12.6. The second-order valence-corrected chi connectivity index (χ2v) is 6.16. The SMILES string of the molecule is COCCC1(C(=O)Nc2ccn([C@@H]3CCNC3)n2)CCC1. The van der Waals surface area contributed by atoms with E-state index < -0.39 is 0 Å². The summed E-state index contributed by atoms with van der Waals surface area (Å²) < 4.78 is 7.10. The predicted molar refractivity (Wildman–Crippen MR) is 80.2 cm³/mol. The number of ether oxygens (including phenoxy) is 1. The first kappa shape index (κ1) is 14.5. The summed E-state index contributed by atoms with van der Waals surface area (Å²) in [6.45, 7) is 2.62. The second-order valence-electron chi connectivity index (χ2n) is 6.16. The van der Waals surface area contributed by atoms with Gasteiger partial charge in [0, 0.05) is 32.5 Å². The molecule has 0 unspecified atom stereocenters. The van der Waals surface area contributed by atoms with Gasteiger partial charge in [-0.25, -0.2) is 0 Å². The molecular formula is C15H24N4O2. The van der Waals surface area contributed by atoms with Gasteiger partial charge in [-0.1, -0.05) is 6.42 Å². The van der Waals surface area contributed by atoms with E-state index in [2.05, 4.69) is 15.7 Å². The van der Waals surface area contributed by atoms with Crippen LogP contribution in [0.4, 0.5) is 5.82 Å². The van der Waals surface area contributed by atoms with Gasteiger partial charge < -0.3 is 15.4 Å². The Labute approximate surface area is 125 Å². The Morgan fingerprint density at radius 3 is 3.10 bits per heavy atom. The van der Waals surface area contributed by atoms with Crippen LogP contribution in [0, 0.1) is 5.41 Å². The molecular weight excluding hydrogens is 268 g/mol. The van der Waals surface area contributed by atoms with Crippen molar-refractivity contribution < 1.29 is 9.53 Å². The van der Waals surface area contributed by atoms with Crippen LogP contribution >= 0.6 is 0 Å². The maximum atomic E-state index is 12.5. The van der Waals surface area contributed by atoms with Crippen LogP contribution in [0.3, 0.4) is 0 Å². The van der Waals surface area contributed by atoms with E-state index >= 15 is 0 Å². The molecule has 1 aromatic heterocycles. The molecule has 2 fully saturated rings. The Morgan fingerprint density at radius 1 is 1.62 bits per heavy atom. The van der Waals surface area contributed by atoms with E-state index in [9.17, 15) is 4.79 Å². The first-order valence-corrected chi connectivity index (χ1v) is 7.80. The molecule has 6 nitrogen and oxygen atoms in total. The summed E-state index contributed by atoms with van der Waals surface area (Å²) in [5.74, 6) is 0.760. The fraction of sp³-hybridized carbons (Fsp3) is 0.733. The number of amides is 1. The molecule has 6 heteroatoms. The van der Waals surface area contributed by atoms with Gasteiger partial charge in [-0.15, -0.1) is 0 Å². The third kappa shape index (κ3) is 2.96. The minimum absolute atomic E-state index is 0.0978. The average molecular weight is 292 g/mol. The van der Waals surface area contributed by atoms with Crippen molar-refractivity contribution in [1.29, 1.82) is 0 Å². The number of nitrogens with one attached hydrogen (secondary N) is 2. The molecule has 1 aliphatic heterocycles. The maximum Gasteiger partial charge on any atom is 0.231 e. The maximum absolute atomic E-state index is 12.5. The number of hydrogen-bond donors (Lipinski definition) is 2. The van der Waals surface area contributed by atoms with Crippen LogP contribution in [0.1, 0.15) is 38.1 Å². The molecule has 2 aliphatic rings. The Balaban J connectivity index is 1.61. The minimum atomic E-state index is -0.241. The Bertz CT molecular complexity index is 490. The van der Waals surface area contributed by atoms with Crippen LogP contribution in [0.5, 0.6) is 0 Å².